The maximum atomic E-state index is 13.3. The highest BCUT2D eigenvalue weighted by Gasteiger charge is 2.40. The molecule has 0 fully saturated rings. The number of amides is 2. The van der Waals surface area contributed by atoms with E-state index in [1.807, 2.05) is 0 Å². The average molecular weight is 262 g/mol. The highest BCUT2D eigenvalue weighted by Crippen LogP contribution is 2.34. The Morgan fingerprint density at radius 3 is 2.95 bits per heavy atom. The molecule has 2 aliphatic rings. The largest absolute Gasteiger partial charge is 0.456 e. The van der Waals surface area contributed by atoms with Gasteiger partial charge in [-0.1, -0.05) is 12.1 Å². The van der Waals surface area contributed by atoms with Gasteiger partial charge in [-0.25, -0.2) is 14.0 Å². The van der Waals surface area contributed by atoms with Gasteiger partial charge in [0.1, 0.15) is 12.4 Å². The van der Waals surface area contributed by atoms with Gasteiger partial charge in [0.15, 0.2) is 0 Å². The standard InChI is InChI=1S/C13H11FN2O3/c1-16-9-6-19-12(17)10(9)11(15-13(16)18)7-3-2-4-8(14)5-7/h2-5,11H,6H2,1H3,(H,15,18). The molecule has 98 valence electrons. The summed E-state index contributed by atoms with van der Waals surface area (Å²) in [6.45, 7) is 0.0733. The number of urea groups is 1. The topological polar surface area (TPSA) is 58.6 Å². The molecule has 1 aromatic rings. The van der Waals surface area contributed by atoms with E-state index in [-0.39, 0.29) is 12.6 Å². The van der Waals surface area contributed by atoms with Gasteiger partial charge in [0.25, 0.3) is 0 Å². The van der Waals surface area contributed by atoms with Crippen molar-refractivity contribution in [3.8, 4) is 0 Å². The van der Waals surface area contributed by atoms with E-state index in [9.17, 15) is 14.0 Å². The summed E-state index contributed by atoms with van der Waals surface area (Å²) in [6, 6.07) is 4.80. The lowest BCUT2D eigenvalue weighted by molar-refractivity contribution is -0.136. The van der Waals surface area contributed by atoms with E-state index in [1.165, 1.54) is 23.1 Å². The first-order chi connectivity index (χ1) is 9.08. The Hall–Kier alpha value is -2.37. The maximum absolute atomic E-state index is 13.3. The summed E-state index contributed by atoms with van der Waals surface area (Å²) >= 11 is 0. The zero-order valence-corrected chi connectivity index (χ0v) is 10.1. The van der Waals surface area contributed by atoms with Crippen LogP contribution in [0.4, 0.5) is 9.18 Å². The van der Waals surface area contributed by atoms with Gasteiger partial charge in [-0.15, -0.1) is 0 Å². The highest BCUT2D eigenvalue weighted by molar-refractivity contribution is 5.97. The van der Waals surface area contributed by atoms with Crippen LogP contribution in [0, 0.1) is 5.82 Å². The Kier molecular flexibility index (Phi) is 2.51. The number of hydrogen-bond acceptors (Lipinski definition) is 3. The Balaban J connectivity index is 2.10. The van der Waals surface area contributed by atoms with Crippen LogP contribution >= 0.6 is 0 Å². The number of ether oxygens (including phenoxy) is 1. The second-order valence-corrected chi connectivity index (χ2v) is 4.43. The van der Waals surface area contributed by atoms with Crippen molar-refractivity contribution >= 4 is 12.0 Å². The van der Waals surface area contributed by atoms with Crippen LogP contribution in [0.5, 0.6) is 0 Å². The van der Waals surface area contributed by atoms with Crippen molar-refractivity contribution in [3.05, 3.63) is 46.9 Å². The van der Waals surface area contributed by atoms with Gasteiger partial charge in [0, 0.05) is 7.05 Å². The average Bonchev–Trinajstić information content (AvgIpc) is 2.76. The molecular formula is C13H11FN2O3. The number of nitrogens with zero attached hydrogens (tertiary/aromatic N) is 1. The van der Waals surface area contributed by atoms with Gasteiger partial charge >= 0.3 is 12.0 Å². The van der Waals surface area contributed by atoms with Crippen molar-refractivity contribution in [2.75, 3.05) is 13.7 Å². The fraction of sp³-hybridized carbons (Fsp3) is 0.231. The Labute approximate surface area is 108 Å². The molecule has 2 amide bonds. The predicted octanol–water partition coefficient (Wildman–Crippen LogP) is 1.33. The molecule has 3 rings (SSSR count). The minimum Gasteiger partial charge on any atom is -0.456 e. The molecule has 2 aliphatic heterocycles. The fourth-order valence-corrected chi connectivity index (χ4v) is 2.32. The van der Waals surface area contributed by atoms with Crippen LogP contribution < -0.4 is 5.32 Å². The van der Waals surface area contributed by atoms with Crippen molar-refractivity contribution in [2.45, 2.75) is 6.04 Å². The van der Waals surface area contributed by atoms with Crippen molar-refractivity contribution in [3.63, 3.8) is 0 Å². The normalized spacial score (nSPS) is 22.2. The number of nitrogens with one attached hydrogen (secondary N) is 1. The number of carbonyl (C=O) groups excluding carboxylic acids is 2. The third-order valence-corrected chi connectivity index (χ3v) is 3.32. The van der Waals surface area contributed by atoms with Crippen LogP contribution in [0.3, 0.4) is 0 Å². The molecule has 19 heavy (non-hydrogen) atoms. The lowest BCUT2D eigenvalue weighted by Crippen LogP contribution is -2.45. The molecule has 1 unspecified atom stereocenters. The summed E-state index contributed by atoms with van der Waals surface area (Å²) in [6.07, 6.45) is 0. The molecule has 1 N–H and O–H groups in total. The van der Waals surface area contributed by atoms with E-state index in [2.05, 4.69) is 5.32 Å². The number of carbonyl (C=O) groups is 2. The molecule has 0 radical (unpaired) electrons. The zero-order valence-electron chi connectivity index (χ0n) is 10.1. The molecule has 0 bridgehead atoms. The monoisotopic (exact) mass is 262 g/mol. The summed E-state index contributed by atoms with van der Waals surface area (Å²) < 4.78 is 18.2. The highest BCUT2D eigenvalue weighted by atomic mass is 19.1. The molecule has 0 aliphatic carbocycles. The zero-order chi connectivity index (χ0) is 13.6. The lowest BCUT2D eigenvalue weighted by atomic mass is 9.96. The second kappa shape index (κ2) is 4.08. The molecule has 0 aromatic heterocycles. The van der Waals surface area contributed by atoms with Crippen molar-refractivity contribution < 1.29 is 18.7 Å². The predicted molar refractivity (Wildman–Crippen MR) is 63.4 cm³/mol. The molecule has 6 heteroatoms. The van der Waals surface area contributed by atoms with Crippen LogP contribution in [-0.4, -0.2) is 30.6 Å². The Bertz CT molecular complexity index is 612. The number of esters is 1. The summed E-state index contributed by atoms with van der Waals surface area (Å²) in [7, 11) is 1.56. The number of rotatable bonds is 1. The van der Waals surface area contributed by atoms with Gasteiger partial charge in [0.2, 0.25) is 0 Å². The van der Waals surface area contributed by atoms with Crippen molar-refractivity contribution in [1.82, 2.24) is 10.2 Å². The molecule has 0 saturated heterocycles. The molecule has 1 atom stereocenters. The third-order valence-electron chi connectivity index (χ3n) is 3.32. The van der Waals surface area contributed by atoms with Crippen LogP contribution in [0.1, 0.15) is 11.6 Å². The number of halogens is 1. The van der Waals surface area contributed by atoms with E-state index >= 15 is 0 Å². The van der Waals surface area contributed by atoms with Gasteiger partial charge in [-0.05, 0) is 17.7 Å². The maximum Gasteiger partial charge on any atom is 0.338 e. The van der Waals surface area contributed by atoms with E-state index in [4.69, 9.17) is 4.74 Å². The van der Waals surface area contributed by atoms with Crippen LogP contribution in [0.25, 0.3) is 0 Å². The molecule has 2 heterocycles. The number of likely N-dealkylation sites (N-methyl/N-ethyl adjacent to an activating group) is 1. The summed E-state index contributed by atoms with van der Waals surface area (Å²) in [4.78, 5) is 25.0. The fourth-order valence-electron chi connectivity index (χ4n) is 2.32. The van der Waals surface area contributed by atoms with Gasteiger partial charge in [0.05, 0.1) is 17.3 Å². The first-order valence-corrected chi connectivity index (χ1v) is 5.78. The number of hydrogen-bond donors (Lipinski definition) is 1. The number of cyclic esters (lactones) is 1. The van der Waals surface area contributed by atoms with Gasteiger partial charge < -0.3 is 10.1 Å². The van der Waals surface area contributed by atoms with Gasteiger partial charge in [-0.2, -0.15) is 0 Å². The summed E-state index contributed by atoms with van der Waals surface area (Å²) in [5.41, 5.74) is 1.42. The van der Waals surface area contributed by atoms with Crippen LogP contribution in [-0.2, 0) is 9.53 Å². The molecule has 0 saturated carbocycles. The first kappa shape index (κ1) is 11.7. The quantitative estimate of drug-likeness (QED) is 0.777. The second-order valence-electron chi connectivity index (χ2n) is 4.43. The third kappa shape index (κ3) is 1.76. The van der Waals surface area contributed by atoms with Gasteiger partial charge in [-0.3, -0.25) is 4.90 Å². The molecular weight excluding hydrogens is 251 g/mol. The minimum absolute atomic E-state index is 0.0733. The Morgan fingerprint density at radius 1 is 1.42 bits per heavy atom. The van der Waals surface area contributed by atoms with Crippen LogP contribution in [0.2, 0.25) is 0 Å². The lowest BCUT2D eigenvalue weighted by Gasteiger charge is -2.30. The summed E-state index contributed by atoms with van der Waals surface area (Å²) in [5, 5.41) is 2.67. The molecule has 0 spiro atoms. The van der Waals surface area contributed by atoms with E-state index < -0.39 is 17.8 Å². The molecule has 5 nitrogen and oxygen atoms in total. The van der Waals surface area contributed by atoms with Crippen molar-refractivity contribution in [2.24, 2.45) is 0 Å². The Morgan fingerprint density at radius 2 is 2.21 bits per heavy atom. The summed E-state index contributed by atoms with van der Waals surface area (Å²) in [5.74, 6) is -0.893. The smallest absolute Gasteiger partial charge is 0.338 e. The SMILES string of the molecule is CN1C(=O)NC(c2cccc(F)c2)C2=C1COC2=O. The minimum atomic E-state index is -0.663. The molecule has 1 aromatic carbocycles. The first-order valence-electron chi connectivity index (χ1n) is 5.78. The van der Waals surface area contributed by atoms with Crippen LogP contribution in [0.15, 0.2) is 35.5 Å². The van der Waals surface area contributed by atoms with E-state index in [0.29, 0.717) is 16.8 Å². The van der Waals surface area contributed by atoms with Crippen molar-refractivity contribution in [1.29, 1.82) is 0 Å². The van der Waals surface area contributed by atoms with E-state index in [0.717, 1.165) is 0 Å². The van der Waals surface area contributed by atoms with E-state index in [1.54, 1.807) is 13.1 Å². The number of benzene rings is 1.